The van der Waals surface area contributed by atoms with Crippen molar-refractivity contribution in [2.75, 3.05) is 13.2 Å². The van der Waals surface area contributed by atoms with E-state index in [-0.39, 0.29) is 0 Å². The van der Waals surface area contributed by atoms with Crippen LogP contribution in [0.4, 0.5) is 0 Å². The Bertz CT molecular complexity index is 95.0. The quantitative estimate of drug-likeness (QED) is 0.560. The summed E-state index contributed by atoms with van der Waals surface area (Å²) >= 11 is -1.52. The van der Waals surface area contributed by atoms with Crippen LogP contribution in [-0.2, 0) is 19.7 Å². The first-order valence-electron chi connectivity index (χ1n) is 3.49. The molecule has 1 atom stereocenters. The zero-order chi connectivity index (χ0) is 7.82. The van der Waals surface area contributed by atoms with Crippen molar-refractivity contribution >= 4 is 11.4 Å². The first-order chi connectivity index (χ1) is 4.81. The molecule has 0 aliphatic carbocycles. The maximum atomic E-state index is 10.6. The second-order valence-electron chi connectivity index (χ2n) is 1.79. The van der Waals surface area contributed by atoms with Crippen molar-refractivity contribution < 1.29 is 12.6 Å². The van der Waals surface area contributed by atoms with Gasteiger partial charge < -0.3 is 0 Å². The van der Waals surface area contributed by atoms with Crippen molar-refractivity contribution in [3.05, 3.63) is 0 Å². The second kappa shape index (κ2) is 7.18. The first kappa shape index (κ1) is 10.1. The number of hydrogen-bond donors (Lipinski definition) is 0. The average molecular weight is 166 g/mol. The summed E-state index contributed by atoms with van der Waals surface area (Å²) in [5, 5.41) is 0. The Kier molecular flexibility index (Phi) is 7.23. The van der Waals surface area contributed by atoms with Gasteiger partial charge in [-0.05, 0) is 13.3 Å². The Morgan fingerprint density at radius 3 is 2.50 bits per heavy atom. The molecule has 4 heteroatoms. The summed E-state index contributed by atoms with van der Waals surface area (Å²) in [5.41, 5.74) is 0. The standard InChI is InChI=1S/C6H14O3S/c1-3-5-6-9-10(7)8-4-2/h3-6H2,1-2H3. The Morgan fingerprint density at radius 2 is 2.00 bits per heavy atom. The molecule has 0 aromatic heterocycles. The second-order valence-corrected chi connectivity index (χ2v) is 2.67. The Morgan fingerprint density at radius 1 is 1.30 bits per heavy atom. The Balaban J connectivity index is 3.05. The fraction of sp³-hybridized carbons (Fsp3) is 1.00. The molecular formula is C6H14O3S. The van der Waals surface area contributed by atoms with Gasteiger partial charge >= 0.3 is 11.4 Å². The van der Waals surface area contributed by atoms with Gasteiger partial charge in [0.25, 0.3) is 0 Å². The van der Waals surface area contributed by atoms with Gasteiger partial charge in [-0.25, -0.2) is 0 Å². The van der Waals surface area contributed by atoms with Crippen molar-refractivity contribution in [3.63, 3.8) is 0 Å². The Labute approximate surface area is 64.6 Å². The van der Waals surface area contributed by atoms with Gasteiger partial charge in [0.05, 0.1) is 13.2 Å². The summed E-state index contributed by atoms with van der Waals surface area (Å²) in [6.45, 7) is 4.77. The van der Waals surface area contributed by atoms with Gasteiger partial charge in [-0.15, -0.1) is 0 Å². The van der Waals surface area contributed by atoms with Crippen LogP contribution in [0.1, 0.15) is 26.7 Å². The lowest BCUT2D eigenvalue weighted by Gasteiger charge is -1.99. The lowest BCUT2D eigenvalue weighted by molar-refractivity contribution is 0.255. The summed E-state index contributed by atoms with van der Waals surface area (Å²) in [7, 11) is 0. The van der Waals surface area contributed by atoms with Crippen molar-refractivity contribution in [2.24, 2.45) is 0 Å². The molecule has 0 radical (unpaired) electrons. The third kappa shape index (κ3) is 6.19. The largest absolute Gasteiger partial charge is 0.304 e. The van der Waals surface area contributed by atoms with E-state index in [1.165, 1.54) is 0 Å². The molecule has 0 saturated heterocycles. The van der Waals surface area contributed by atoms with Gasteiger partial charge in [0.1, 0.15) is 0 Å². The van der Waals surface area contributed by atoms with E-state index in [2.05, 4.69) is 4.18 Å². The summed E-state index contributed by atoms with van der Waals surface area (Å²) in [4.78, 5) is 0. The van der Waals surface area contributed by atoms with Gasteiger partial charge in [0.2, 0.25) is 0 Å². The predicted octanol–water partition coefficient (Wildman–Crippen LogP) is 1.42. The van der Waals surface area contributed by atoms with E-state index < -0.39 is 11.4 Å². The molecule has 0 heterocycles. The van der Waals surface area contributed by atoms with Gasteiger partial charge in [-0.1, -0.05) is 13.3 Å². The van der Waals surface area contributed by atoms with Crippen LogP contribution in [0.5, 0.6) is 0 Å². The molecule has 0 fully saturated rings. The van der Waals surface area contributed by atoms with E-state index in [9.17, 15) is 4.21 Å². The highest BCUT2D eigenvalue weighted by Crippen LogP contribution is 1.92. The minimum absolute atomic E-state index is 0.429. The van der Waals surface area contributed by atoms with E-state index in [1.807, 2.05) is 6.92 Å². The van der Waals surface area contributed by atoms with Crippen LogP contribution in [-0.4, -0.2) is 17.4 Å². The molecule has 0 rings (SSSR count). The molecule has 0 amide bonds. The smallest absolute Gasteiger partial charge is 0.269 e. The maximum Gasteiger partial charge on any atom is 0.304 e. The molecule has 0 spiro atoms. The molecule has 0 aromatic rings. The molecule has 0 aliphatic rings. The lowest BCUT2D eigenvalue weighted by Crippen LogP contribution is -2.02. The first-order valence-corrected chi connectivity index (χ1v) is 4.49. The molecule has 0 saturated carbocycles. The van der Waals surface area contributed by atoms with E-state index in [1.54, 1.807) is 6.92 Å². The highest BCUT2D eigenvalue weighted by Gasteiger charge is 1.96. The topological polar surface area (TPSA) is 35.5 Å². The predicted molar refractivity (Wildman–Crippen MR) is 40.6 cm³/mol. The summed E-state index contributed by atoms with van der Waals surface area (Å²) in [5.74, 6) is 0. The Hall–Kier alpha value is 0.0700. The van der Waals surface area contributed by atoms with Gasteiger partial charge in [0, 0.05) is 0 Å². The maximum absolute atomic E-state index is 10.6. The molecule has 0 bridgehead atoms. The summed E-state index contributed by atoms with van der Waals surface area (Å²) < 4.78 is 20.0. The molecule has 10 heavy (non-hydrogen) atoms. The van der Waals surface area contributed by atoms with E-state index in [0.29, 0.717) is 13.2 Å². The van der Waals surface area contributed by atoms with Crippen molar-refractivity contribution in [1.82, 2.24) is 0 Å². The average Bonchev–Trinajstić information content (AvgIpc) is 1.89. The molecule has 62 valence electrons. The highest BCUT2D eigenvalue weighted by atomic mass is 32.2. The van der Waals surface area contributed by atoms with Crippen molar-refractivity contribution in [3.8, 4) is 0 Å². The van der Waals surface area contributed by atoms with Gasteiger partial charge in [-0.2, -0.15) is 4.21 Å². The van der Waals surface area contributed by atoms with E-state index >= 15 is 0 Å². The van der Waals surface area contributed by atoms with Crippen molar-refractivity contribution in [2.45, 2.75) is 26.7 Å². The monoisotopic (exact) mass is 166 g/mol. The molecule has 0 N–H and O–H groups in total. The SMILES string of the molecule is CCCCOS(=O)OCC. The van der Waals surface area contributed by atoms with Crippen LogP contribution in [0.15, 0.2) is 0 Å². The van der Waals surface area contributed by atoms with Gasteiger partial charge in [0.15, 0.2) is 0 Å². The van der Waals surface area contributed by atoms with Crippen LogP contribution in [0.3, 0.4) is 0 Å². The highest BCUT2D eigenvalue weighted by molar-refractivity contribution is 7.75. The van der Waals surface area contributed by atoms with Crippen LogP contribution in [0.2, 0.25) is 0 Å². The van der Waals surface area contributed by atoms with Crippen molar-refractivity contribution in [1.29, 1.82) is 0 Å². The summed E-state index contributed by atoms with van der Waals surface area (Å²) in [6.07, 6.45) is 1.97. The number of rotatable bonds is 6. The third-order valence-electron chi connectivity index (χ3n) is 0.892. The lowest BCUT2D eigenvalue weighted by atomic mass is 10.4. The zero-order valence-corrected chi connectivity index (χ0v) is 7.28. The van der Waals surface area contributed by atoms with E-state index in [0.717, 1.165) is 12.8 Å². The van der Waals surface area contributed by atoms with E-state index in [4.69, 9.17) is 4.18 Å². The zero-order valence-electron chi connectivity index (χ0n) is 6.46. The molecule has 0 aromatic carbocycles. The van der Waals surface area contributed by atoms with Crippen LogP contribution in [0, 0.1) is 0 Å². The molecule has 0 aliphatic heterocycles. The van der Waals surface area contributed by atoms with Crippen LogP contribution < -0.4 is 0 Å². The molecule has 3 nitrogen and oxygen atoms in total. The van der Waals surface area contributed by atoms with Gasteiger partial charge in [-0.3, -0.25) is 8.37 Å². The minimum Gasteiger partial charge on any atom is -0.269 e. The fourth-order valence-electron chi connectivity index (χ4n) is 0.402. The third-order valence-corrected chi connectivity index (χ3v) is 1.68. The number of hydrogen-bond acceptors (Lipinski definition) is 3. The normalized spacial score (nSPS) is 13.4. The fourth-order valence-corrected chi connectivity index (χ4v) is 0.916. The minimum atomic E-state index is -1.52. The van der Waals surface area contributed by atoms with Crippen LogP contribution in [0.25, 0.3) is 0 Å². The number of unbranched alkanes of at least 4 members (excludes halogenated alkanes) is 1. The summed E-state index contributed by atoms with van der Waals surface area (Å²) in [6, 6.07) is 0. The van der Waals surface area contributed by atoms with Crippen LogP contribution >= 0.6 is 0 Å². The molecular weight excluding hydrogens is 152 g/mol. The molecule has 1 unspecified atom stereocenters.